The van der Waals surface area contributed by atoms with Crippen LogP contribution in [0.2, 0.25) is 0 Å². The molecule has 0 aliphatic heterocycles. The fourth-order valence-electron chi connectivity index (χ4n) is 2.19. The van der Waals surface area contributed by atoms with Gasteiger partial charge in [0.25, 0.3) is 0 Å². The quantitative estimate of drug-likeness (QED) is 0.747. The molecule has 2 nitrogen and oxygen atoms in total. The van der Waals surface area contributed by atoms with Gasteiger partial charge in [0, 0.05) is 6.04 Å². The molecule has 2 aromatic carbocycles. The molecule has 0 amide bonds. The number of nitrogens with one attached hydrogen (secondary N) is 1. The van der Waals surface area contributed by atoms with Crippen LogP contribution in [-0.4, -0.2) is 6.54 Å². The molecule has 112 valence electrons. The van der Waals surface area contributed by atoms with Crippen molar-refractivity contribution in [2.45, 2.75) is 26.3 Å². The summed E-state index contributed by atoms with van der Waals surface area (Å²) in [6.45, 7) is 5.21. The minimum absolute atomic E-state index is 0.297. The summed E-state index contributed by atoms with van der Waals surface area (Å²) in [5.41, 5.74) is 1.24. The Morgan fingerprint density at radius 2 is 1.76 bits per heavy atom. The molecule has 0 radical (unpaired) electrons. The van der Waals surface area contributed by atoms with Crippen LogP contribution in [0.3, 0.4) is 0 Å². The minimum Gasteiger partial charge on any atom is -0.457 e. The zero-order valence-corrected chi connectivity index (χ0v) is 13.8. The molecule has 2 rings (SSSR count). The van der Waals surface area contributed by atoms with Crippen LogP contribution >= 0.6 is 15.9 Å². The summed E-state index contributed by atoms with van der Waals surface area (Å²) in [5, 5.41) is 3.44. The van der Waals surface area contributed by atoms with Gasteiger partial charge in [0.05, 0.1) is 4.47 Å². The number of rotatable bonds is 6. The van der Waals surface area contributed by atoms with E-state index in [1.807, 2.05) is 12.1 Å². The molecule has 0 saturated carbocycles. The van der Waals surface area contributed by atoms with Crippen molar-refractivity contribution in [1.29, 1.82) is 0 Å². The fourth-order valence-corrected chi connectivity index (χ4v) is 2.55. The van der Waals surface area contributed by atoms with Crippen LogP contribution in [0, 0.1) is 5.82 Å². The van der Waals surface area contributed by atoms with Crippen molar-refractivity contribution < 1.29 is 9.13 Å². The third kappa shape index (κ3) is 4.29. The highest BCUT2D eigenvalue weighted by molar-refractivity contribution is 9.10. The van der Waals surface area contributed by atoms with Gasteiger partial charge in [-0.15, -0.1) is 0 Å². The third-order valence-corrected chi connectivity index (χ3v) is 3.88. The molecular formula is C17H19BrFNO. The third-order valence-electron chi connectivity index (χ3n) is 3.27. The highest BCUT2D eigenvalue weighted by Gasteiger charge is 2.08. The van der Waals surface area contributed by atoms with Crippen LogP contribution in [0.4, 0.5) is 4.39 Å². The molecule has 0 spiro atoms. The van der Waals surface area contributed by atoms with E-state index in [9.17, 15) is 4.39 Å². The van der Waals surface area contributed by atoms with Crippen LogP contribution in [0.15, 0.2) is 46.9 Å². The van der Waals surface area contributed by atoms with Crippen LogP contribution in [0.5, 0.6) is 11.5 Å². The summed E-state index contributed by atoms with van der Waals surface area (Å²) in [4.78, 5) is 0. The highest BCUT2D eigenvalue weighted by Crippen LogP contribution is 2.27. The van der Waals surface area contributed by atoms with E-state index >= 15 is 0 Å². The second-order valence-electron chi connectivity index (χ2n) is 4.77. The normalized spacial score (nSPS) is 12.2. The maximum atomic E-state index is 13.2. The lowest BCUT2D eigenvalue weighted by Gasteiger charge is -2.16. The highest BCUT2D eigenvalue weighted by atomic mass is 79.9. The van der Waals surface area contributed by atoms with Crippen molar-refractivity contribution in [3.05, 3.63) is 58.3 Å². The first-order valence-electron chi connectivity index (χ1n) is 7.10. The molecule has 0 aliphatic rings. The van der Waals surface area contributed by atoms with Gasteiger partial charge in [-0.25, -0.2) is 4.39 Å². The molecule has 21 heavy (non-hydrogen) atoms. The Morgan fingerprint density at radius 1 is 1.10 bits per heavy atom. The average molecular weight is 352 g/mol. The Hall–Kier alpha value is -1.39. The van der Waals surface area contributed by atoms with E-state index in [1.165, 1.54) is 11.6 Å². The topological polar surface area (TPSA) is 21.3 Å². The lowest BCUT2D eigenvalue weighted by molar-refractivity contribution is 0.478. The second kappa shape index (κ2) is 7.57. The van der Waals surface area contributed by atoms with Gasteiger partial charge in [0.1, 0.15) is 17.3 Å². The molecule has 0 aliphatic carbocycles. The summed E-state index contributed by atoms with van der Waals surface area (Å²) in [7, 11) is 0. The van der Waals surface area contributed by atoms with Gasteiger partial charge in [-0.1, -0.05) is 26.0 Å². The van der Waals surface area contributed by atoms with Crippen molar-refractivity contribution >= 4 is 15.9 Å². The van der Waals surface area contributed by atoms with Crippen molar-refractivity contribution in [1.82, 2.24) is 5.32 Å². The lowest BCUT2D eigenvalue weighted by atomic mass is 10.0. The van der Waals surface area contributed by atoms with Gasteiger partial charge in [-0.05, 0) is 64.8 Å². The van der Waals surface area contributed by atoms with E-state index in [4.69, 9.17) is 4.74 Å². The van der Waals surface area contributed by atoms with Crippen molar-refractivity contribution in [3.8, 4) is 11.5 Å². The maximum absolute atomic E-state index is 13.2. The minimum atomic E-state index is -0.297. The standard InChI is InChI=1S/C17H19BrFNO/c1-3-17(20-4-2)12-5-7-13(8-6-12)21-14-9-10-16(19)15(18)11-14/h5-11,17,20H,3-4H2,1-2H3. The van der Waals surface area contributed by atoms with Gasteiger partial charge >= 0.3 is 0 Å². The molecule has 4 heteroatoms. The number of benzene rings is 2. The molecule has 0 saturated heterocycles. The van der Waals surface area contributed by atoms with Gasteiger partial charge < -0.3 is 10.1 Å². The van der Waals surface area contributed by atoms with Crippen molar-refractivity contribution in [3.63, 3.8) is 0 Å². The number of halogens is 2. The molecule has 1 N–H and O–H groups in total. The van der Waals surface area contributed by atoms with Gasteiger partial charge in [-0.3, -0.25) is 0 Å². The predicted molar refractivity (Wildman–Crippen MR) is 87.3 cm³/mol. The maximum Gasteiger partial charge on any atom is 0.137 e. The zero-order chi connectivity index (χ0) is 15.2. The molecule has 1 atom stereocenters. The van der Waals surface area contributed by atoms with Crippen LogP contribution in [-0.2, 0) is 0 Å². The SMILES string of the molecule is CCNC(CC)c1ccc(Oc2ccc(F)c(Br)c2)cc1. The largest absolute Gasteiger partial charge is 0.457 e. The zero-order valence-electron chi connectivity index (χ0n) is 12.2. The van der Waals surface area contributed by atoms with E-state index in [0.717, 1.165) is 18.7 Å². The number of hydrogen-bond donors (Lipinski definition) is 1. The van der Waals surface area contributed by atoms with Crippen LogP contribution in [0.1, 0.15) is 31.9 Å². The van der Waals surface area contributed by atoms with Gasteiger partial charge in [-0.2, -0.15) is 0 Å². The smallest absolute Gasteiger partial charge is 0.137 e. The van der Waals surface area contributed by atoms with E-state index in [1.54, 1.807) is 12.1 Å². The molecule has 0 aromatic heterocycles. The fraction of sp³-hybridized carbons (Fsp3) is 0.294. The molecular weight excluding hydrogens is 333 g/mol. The molecule has 1 unspecified atom stereocenters. The number of ether oxygens (including phenoxy) is 1. The van der Waals surface area contributed by atoms with Crippen LogP contribution < -0.4 is 10.1 Å². The van der Waals surface area contributed by atoms with Gasteiger partial charge in [0.15, 0.2) is 0 Å². The number of hydrogen-bond acceptors (Lipinski definition) is 2. The average Bonchev–Trinajstić information content (AvgIpc) is 2.49. The molecule has 0 fully saturated rings. The summed E-state index contributed by atoms with van der Waals surface area (Å²) in [6.07, 6.45) is 1.04. The molecule has 0 bridgehead atoms. The van der Waals surface area contributed by atoms with E-state index in [2.05, 4.69) is 47.2 Å². The second-order valence-corrected chi connectivity index (χ2v) is 5.62. The molecule has 2 aromatic rings. The first-order chi connectivity index (χ1) is 10.1. The Bertz CT molecular complexity index is 586. The summed E-state index contributed by atoms with van der Waals surface area (Å²) >= 11 is 3.15. The monoisotopic (exact) mass is 351 g/mol. The Balaban J connectivity index is 2.09. The van der Waals surface area contributed by atoms with Gasteiger partial charge in [0.2, 0.25) is 0 Å². The van der Waals surface area contributed by atoms with Crippen LogP contribution in [0.25, 0.3) is 0 Å². The lowest BCUT2D eigenvalue weighted by Crippen LogP contribution is -2.19. The Morgan fingerprint density at radius 3 is 2.33 bits per heavy atom. The predicted octanol–water partition coefficient (Wildman–Crippen LogP) is 5.44. The van der Waals surface area contributed by atoms with Crippen molar-refractivity contribution in [2.75, 3.05) is 6.54 Å². The van der Waals surface area contributed by atoms with E-state index < -0.39 is 0 Å². The molecule has 0 heterocycles. The Kier molecular flexibility index (Phi) is 5.76. The summed E-state index contributed by atoms with van der Waals surface area (Å²) in [5.74, 6) is 1.05. The summed E-state index contributed by atoms with van der Waals surface area (Å²) in [6, 6.07) is 13.0. The summed E-state index contributed by atoms with van der Waals surface area (Å²) < 4.78 is 19.3. The first kappa shape index (κ1) is 16.0. The van der Waals surface area contributed by atoms with E-state index in [0.29, 0.717) is 16.3 Å². The first-order valence-corrected chi connectivity index (χ1v) is 7.89. The van der Waals surface area contributed by atoms with E-state index in [-0.39, 0.29) is 5.82 Å². The Labute approximate surface area is 133 Å². The van der Waals surface area contributed by atoms with Crippen molar-refractivity contribution in [2.24, 2.45) is 0 Å².